The van der Waals surface area contributed by atoms with Crippen LogP contribution in [0.2, 0.25) is 10.0 Å². The number of carboxylic acids is 1. The molecule has 138 valence electrons. The zero-order valence-electron chi connectivity index (χ0n) is 14.3. The van der Waals surface area contributed by atoms with Gasteiger partial charge >= 0.3 is 5.97 Å². The molecule has 27 heavy (non-hydrogen) atoms. The number of hydrogen-bond donors (Lipinski definition) is 1. The zero-order valence-corrected chi connectivity index (χ0v) is 15.8. The highest BCUT2D eigenvalue weighted by Gasteiger charge is 2.16. The van der Waals surface area contributed by atoms with Crippen molar-refractivity contribution in [3.63, 3.8) is 0 Å². The molecule has 0 aliphatic carbocycles. The van der Waals surface area contributed by atoms with Gasteiger partial charge in [-0.15, -0.1) is 0 Å². The second-order valence-corrected chi connectivity index (χ2v) is 7.03. The van der Waals surface area contributed by atoms with Gasteiger partial charge in [-0.2, -0.15) is 0 Å². The SMILES string of the molecule is CC(=O)Cn1cc(C(=O)O)c(=O)c2cc(Cc3cccc(Cl)c3Cl)ccc21. The number of aromatic carboxylic acids is 1. The lowest BCUT2D eigenvalue weighted by Gasteiger charge is -2.12. The summed E-state index contributed by atoms with van der Waals surface area (Å²) >= 11 is 12.3. The van der Waals surface area contributed by atoms with Crippen LogP contribution in [0.3, 0.4) is 0 Å². The summed E-state index contributed by atoms with van der Waals surface area (Å²) in [4.78, 5) is 35.6. The smallest absolute Gasteiger partial charge is 0.341 e. The predicted octanol–water partition coefficient (Wildman–Crippen LogP) is 4.19. The van der Waals surface area contributed by atoms with Gasteiger partial charge in [0.05, 0.1) is 22.1 Å². The molecule has 0 spiro atoms. The largest absolute Gasteiger partial charge is 0.477 e. The zero-order chi connectivity index (χ0) is 19.7. The maximum absolute atomic E-state index is 12.6. The van der Waals surface area contributed by atoms with Crippen LogP contribution in [0.25, 0.3) is 10.9 Å². The molecule has 1 aromatic heterocycles. The number of nitrogens with zero attached hydrogens (tertiary/aromatic N) is 1. The molecule has 0 radical (unpaired) electrons. The molecule has 3 aromatic rings. The van der Waals surface area contributed by atoms with Crippen molar-refractivity contribution in [2.45, 2.75) is 19.9 Å². The summed E-state index contributed by atoms with van der Waals surface area (Å²) in [5, 5.41) is 10.4. The van der Waals surface area contributed by atoms with E-state index in [2.05, 4.69) is 0 Å². The number of aromatic nitrogens is 1. The number of pyridine rings is 1. The Bertz CT molecular complexity index is 1130. The van der Waals surface area contributed by atoms with Gasteiger partial charge in [0, 0.05) is 11.6 Å². The number of benzene rings is 2. The first-order chi connectivity index (χ1) is 12.8. The van der Waals surface area contributed by atoms with Crippen molar-refractivity contribution in [2.24, 2.45) is 0 Å². The predicted molar refractivity (Wildman–Crippen MR) is 105 cm³/mol. The van der Waals surface area contributed by atoms with Crippen molar-refractivity contribution in [3.05, 3.63) is 79.6 Å². The first kappa shape index (κ1) is 19.1. The molecule has 0 unspecified atom stereocenters. The Labute approximate surface area is 164 Å². The van der Waals surface area contributed by atoms with Crippen molar-refractivity contribution in [1.82, 2.24) is 4.57 Å². The number of carbonyl (C=O) groups excluding carboxylic acids is 1. The minimum Gasteiger partial charge on any atom is -0.477 e. The molecule has 0 amide bonds. The van der Waals surface area contributed by atoms with Crippen molar-refractivity contribution in [1.29, 1.82) is 0 Å². The van der Waals surface area contributed by atoms with Gasteiger partial charge in [0.1, 0.15) is 11.3 Å². The first-order valence-electron chi connectivity index (χ1n) is 8.09. The minimum atomic E-state index is -1.33. The van der Waals surface area contributed by atoms with Crippen LogP contribution >= 0.6 is 23.2 Å². The molecule has 0 aliphatic heterocycles. The monoisotopic (exact) mass is 403 g/mol. The average molecular weight is 404 g/mol. The summed E-state index contributed by atoms with van der Waals surface area (Å²) in [7, 11) is 0. The van der Waals surface area contributed by atoms with E-state index in [4.69, 9.17) is 23.2 Å². The van der Waals surface area contributed by atoms with Crippen LogP contribution in [0.4, 0.5) is 0 Å². The Hall–Kier alpha value is -2.63. The second-order valence-electron chi connectivity index (χ2n) is 6.25. The molecule has 1 heterocycles. The van der Waals surface area contributed by atoms with Crippen LogP contribution in [0.5, 0.6) is 0 Å². The van der Waals surface area contributed by atoms with Crippen molar-refractivity contribution in [3.8, 4) is 0 Å². The standard InChI is InChI=1S/C20H15Cl2NO4/c1-11(24)9-23-10-15(20(26)27)19(25)14-8-12(5-6-17(14)23)7-13-3-2-4-16(21)18(13)22/h2-6,8,10H,7,9H2,1H3,(H,26,27). The lowest BCUT2D eigenvalue weighted by atomic mass is 10.0. The molecule has 5 nitrogen and oxygen atoms in total. The normalized spacial score (nSPS) is 10.9. The van der Waals surface area contributed by atoms with Gasteiger partial charge in [-0.05, 0) is 42.7 Å². The number of hydrogen-bond acceptors (Lipinski definition) is 3. The lowest BCUT2D eigenvalue weighted by Crippen LogP contribution is -2.20. The fourth-order valence-electron chi connectivity index (χ4n) is 2.98. The van der Waals surface area contributed by atoms with Gasteiger partial charge < -0.3 is 9.67 Å². The topological polar surface area (TPSA) is 76.4 Å². The quantitative estimate of drug-likeness (QED) is 0.692. The third-order valence-electron chi connectivity index (χ3n) is 4.19. The maximum atomic E-state index is 12.6. The summed E-state index contributed by atoms with van der Waals surface area (Å²) in [6.07, 6.45) is 1.64. The Balaban J connectivity index is 2.17. The number of halogens is 2. The minimum absolute atomic E-state index is 0.0173. The number of carbonyl (C=O) groups is 2. The van der Waals surface area contributed by atoms with Crippen molar-refractivity contribution in [2.75, 3.05) is 0 Å². The van der Waals surface area contributed by atoms with Crippen LogP contribution in [0.15, 0.2) is 47.4 Å². The van der Waals surface area contributed by atoms with E-state index >= 15 is 0 Å². The Morgan fingerprint density at radius 3 is 2.56 bits per heavy atom. The number of fused-ring (bicyclic) bond motifs is 1. The first-order valence-corrected chi connectivity index (χ1v) is 8.85. The molecule has 0 bridgehead atoms. The van der Waals surface area contributed by atoms with E-state index in [1.165, 1.54) is 17.7 Å². The van der Waals surface area contributed by atoms with E-state index in [1.807, 2.05) is 12.1 Å². The molecule has 7 heteroatoms. The summed E-state index contributed by atoms with van der Waals surface area (Å²) in [5.74, 6) is -1.48. The highest BCUT2D eigenvalue weighted by molar-refractivity contribution is 6.42. The van der Waals surface area contributed by atoms with Crippen LogP contribution in [0, 0.1) is 0 Å². The number of Topliss-reactive ketones (excluding diaryl/α,β-unsaturated/α-hetero) is 1. The molecule has 0 fully saturated rings. The molecule has 0 saturated carbocycles. The van der Waals surface area contributed by atoms with Gasteiger partial charge in [0.2, 0.25) is 5.43 Å². The van der Waals surface area contributed by atoms with Gasteiger partial charge in [-0.1, -0.05) is 41.4 Å². The van der Waals surface area contributed by atoms with Gasteiger partial charge in [0.15, 0.2) is 0 Å². The molecular formula is C20H15Cl2NO4. The fraction of sp³-hybridized carbons (Fsp3) is 0.150. The molecule has 1 N–H and O–H groups in total. The fourth-order valence-corrected chi connectivity index (χ4v) is 3.37. The average Bonchev–Trinajstić information content (AvgIpc) is 2.61. The van der Waals surface area contributed by atoms with E-state index in [9.17, 15) is 19.5 Å². The van der Waals surface area contributed by atoms with Crippen LogP contribution < -0.4 is 5.43 Å². The third-order valence-corrected chi connectivity index (χ3v) is 5.05. The van der Waals surface area contributed by atoms with E-state index in [0.717, 1.165) is 11.1 Å². The molecule has 0 aliphatic rings. The number of ketones is 1. The maximum Gasteiger partial charge on any atom is 0.341 e. The molecule has 2 aromatic carbocycles. The molecule has 0 saturated heterocycles. The number of carboxylic acid groups (broad SMARTS) is 1. The van der Waals surface area contributed by atoms with Gasteiger partial charge in [-0.3, -0.25) is 9.59 Å². The Morgan fingerprint density at radius 2 is 1.89 bits per heavy atom. The van der Waals surface area contributed by atoms with E-state index in [1.54, 1.807) is 24.3 Å². The van der Waals surface area contributed by atoms with E-state index < -0.39 is 11.4 Å². The van der Waals surface area contributed by atoms with Crippen LogP contribution in [-0.4, -0.2) is 21.4 Å². The highest BCUT2D eigenvalue weighted by Crippen LogP contribution is 2.28. The lowest BCUT2D eigenvalue weighted by molar-refractivity contribution is -0.117. The Morgan fingerprint density at radius 1 is 1.15 bits per heavy atom. The van der Waals surface area contributed by atoms with Gasteiger partial charge in [-0.25, -0.2) is 4.79 Å². The Kier molecular flexibility index (Phi) is 5.35. The molecule has 3 rings (SSSR count). The molecule has 0 atom stereocenters. The van der Waals surface area contributed by atoms with Crippen molar-refractivity contribution < 1.29 is 14.7 Å². The van der Waals surface area contributed by atoms with Crippen molar-refractivity contribution >= 4 is 45.9 Å². The van der Waals surface area contributed by atoms with Crippen LogP contribution in [-0.2, 0) is 17.8 Å². The second kappa shape index (κ2) is 7.55. The number of rotatable bonds is 5. The summed E-state index contributed by atoms with van der Waals surface area (Å²) < 4.78 is 1.48. The van der Waals surface area contributed by atoms with Gasteiger partial charge in [0.25, 0.3) is 0 Å². The van der Waals surface area contributed by atoms with E-state index in [-0.39, 0.29) is 23.3 Å². The molecular weight excluding hydrogens is 389 g/mol. The summed E-state index contributed by atoms with van der Waals surface area (Å²) in [6, 6.07) is 10.5. The summed E-state index contributed by atoms with van der Waals surface area (Å²) in [6.45, 7) is 1.39. The van der Waals surface area contributed by atoms with E-state index in [0.29, 0.717) is 22.0 Å². The highest BCUT2D eigenvalue weighted by atomic mass is 35.5. The third kappa shape index (κ3) is 3.89. The summed E-state index contributed by atoms with van der Waals surface area (Å²) in [5.41, 5.74) is 1.11. The van der Waals surface area contributed by atoms with Crippen LogP contribution in [0.1, 0.15) is 28.4 Å².